The minimum atomic E-state index is -0.197. The summed E-state index contributed by atoms with van der Waals surface area (Å²) in [6.07, 6.45) is 9.67. The number of benzene rings is 2. The van der Waals surface area contributed by atoms with Gasteiger partial charge in [-0.25, -0.2) is 0 Å². The molecule has 5 rings (SSSR count). The number of amides is 1. The molecule has 3 heteroatoms. The van der Waals surface area contributed by atoms with E-state index in [-0.39, 0.29) is 16.7 Å². The molecule has 2 aliphatic rings. The van der Waals surface area contributed by atoms with Crippen LogP contribution in [0, 0.1) is 6.92 Å². The first-order valence-corrected chi connectivity index (χ1v) is 13.8. The summed E-state index contributed by atoms with van der Waals surface area (Å²) in [6, 6.07) is 16.9. The van der Waals surface area contributed by atoms with Gasteiger partial charge in [-0.15, -0.1) is 0 Å². The van der Waals surface area contributed by atoms with Crippen LogP contribution in [0.4, 0.5) is 5.69 Å². The number of anilines is 1. The maximum atomic E-state index is 12.9. The Kier molecular flexibility index (Phi) is 6.61. The molecule has 1 heterocycles. The Labute approximate surface area is 216 Å². The van der Waals surface area contributed by atoms with Crippen molar-refractivity contribution in [3.05, 3.63) is 87.9 Å². The summed E-state index contributed by atoms with van der Waals surface area (Å²) in [6.45, 7) is 11.6. The van der Waals surface area contributed by atoms with Gasteiger partial charge in [-0.3, -0.25) is 4.79 Å². The molecule has 0 aliphatic heterocycles. The van der Waals surface area contributed by atoms with E-state index in [1.54, 1.807) is 6.07 Å². The van der Waals surface area contributed by atoms with Crippen molar-refractivity contribution in [2.45, 2.75) is 103 Å². The maximum absolute atomic E-state index is 12.9. The highest BCUT2D eigenvalue weighted by Crippen LogP contribution is 2.46. The van der Waals surface area contributed by atoms with E-state index < -0.39 is 0 Å². The Balaban J connectivity index is 1.28. The smallest absolute Gasteiger partial charge is 0.291 e. The third-order valence-corrected chi connectivity index (χ3v) is 8.80. The van der Waals surface area contributed by atoms with Crippen LogP contribution in [-0.2, 0) is 17.3 Å². The molecule has 0 saturated heterocycles. The molecule has 1 saturated carbocycles. The van der Waals surface area contributed by atoms with E-state index >= 15 is 0 Å². The zero-order chi connectivity index (χ0) is 25.5. The van der Waals surface area contributed by atoms with Gasteiger partial charge in [0.1, 0.15) is 5.76 Å². The predicted octanol–water partition coefficient (Wildman–Crippen LogP) is 8.83. The Bertz CT molecular complexity index is 1240. The molecule has 2 aliphatic carbocycles. The molecule has 1 aromatic heterocycles. The first-order chi connectivity index (χ1) is 17.1. The molecule has 3 nitrogen and oxygen atoms in total. The lowest BCUT2D eigenvalue weighted by atomic mass is 9.62. The van der Waals surface area contributed by atoms with E-state index in [9.17, 15) is 4.79 Å². The molecule has 0 spiro atoms. The van der Waals surface area contributed by atoms with Crippen molar-refractivity contribution in [3.63, 3.8) is 0 Å². The lowest BCUT2D eigenvalue weighted by molar-refractivity contribution is 0.0995. The number of fused-ring (bicyclic) bond motifs is 1. The lowest BCUT2D eigenvalue weighted by Gasteiger charge is -2.42. The van der Waals surface area contributed by atoms with Crippen molar-refractivity contribution in [3.8, 4) is 0 Å². The lowest BCUT2D eigenvalue weighted by Crippen LogP contribution is -2.34. The fourth-order valence-electron chi connectivity index (χ4n) is 6.21. The second kappa shape index (κ2) is 9.57. The number of furan rings is 1. The number of rotatable bonds is 5. The molecule has 2 aromatic carbocycles. The molecule has 0 radical (unpaired) electrons. The molecule has 1 fully saturated rings. The molecule has 0 unspecified atom stereocenters. The van der Waals surface area contributed by atoms with Crippen molar-refractivity contribution >= 4 is 11.6 Å². The monoisotopic (exact) mass is 483 g/mol. The van der Waals surface area contributed by atoms with E-state index in [4.69, 9.17) is 4.42 Å². The van der Waals surface area contributed by atoms with Crippen molar-refractivity contribution in [1.82, 2.24) is 0 Å². The molecule has 190 valence electrons. The largest absolute Gasteiger partial charge is 0.456 e. The zero-order valence-corrected chi connectivity index (χ0v) is 22.7. The van der Waals surface area contributed by atoms with E-state index in [0.717, 1.165) is 11.4 Å². The predicted molar refractivity (Wildman–Crippen MR) is 148 cm³/mol. The Morgan fingerprint density at radius 1 is 0.889 bits per heavy atom. The van der Waals surface area contributed by atoms with Crippen molar-refractivity contribution in [2.75, 3.05) is 5.32 Å². The Morgan fingerprint density at radius 2 is 1.53 bits per heavy atom. The van der Waals surface area contributed by atoms with Gasteiger partial charge in [-0.05, 0) is 101 Å². The fourth-order valence-corrected chi connectivity index (χ4v) is 6.21. The number of carbonyl (C=O) groups excluding carboxylic acids is 1. The molecule has 0 bridgehead atoms. The van der Waals surface area contributed by atoms with E-state index in [1.165, 1.54) is 72.8 Å². The van der Waals surface area contributed by atoms with E-state index in [1.807, 2.05) is 18.2 Å². The van der Waals surface area contributed by atoms with Gasteiger partial charge in [0.25, 0.3) is 5.91 Å². The SMILES string of the molecule is Cc1cc2c(cc1Cc1ccc(C(=O)Nc3ccc(C4CCCCC4)cc3)o1)C(C)(C)CCC2(C)C. The van der Waals surface area contributed by atoms with E-state index in [0.29, 0.717) is 18.1 Å². The number of hydrogen-bond acceptors (Lipinski definition) is 2. The van der Waals surface area contributed by atoms with Crippen LogP contribution < -0.4 is 5.32 Å². The zero-order valence-electron chi connectivity index (χ0n) is 22.7. The number of nitrogens with one attached hydrogen (secondary N) is 1. The molecule has 3 aromatic rings. The summed E-state index contributed by atoms with van der Waals surface area (Å²) in [5.41, 5.74) is 8.09. The van der Waals surface area contributed by atoms with Crippen LogP contribution in [0.2, 0.25) is 0 Å². The number of hydrogen-bond donors (Lipinski definition) is 1. The van der Waals surface area contributed by atoms with Gasteiger partial charge in [0.05, 0.1) is 0 Å². The minimum absolute atomic E-state index is 0.175. The maximum Gasteiger partial charge on any atom is 0.291 e. The quantitative estimate of drug-likeness (QED) is 0.394. The van der Waals surface area contributed by atoms with Crippen LogP contribution in [-0.4, -0.2) is 5.91 Å². The average Bonchev–Trinajstić information content (AvgIpc) is 3.33. The summed E-state index contributed by atoms with van der Waals surface area (Å²) in [5, 5.41) is 3.00. The summed E-state index contributed by atoms with van der Waals surface area (Å²) in [7, 11) is 0. The highest BCUT2D eigenvalue weighted by atomic mass is 16.3. The summed E-state index contributed by atoms with van der Waals surface area (Å²) < 4.78 is 6.02. The molecule has 1 N–H and O–H groups in total. The molecule has 0 atom stereocenters. The summed E-state index contributed by atoms with van der Waals surface area (Å²) in [5.74, 6) is 1.65. The third kappa shape index (κ3) is 5.03. The van der Waals surface area contributed by atoms with Crippen molar-refractivity contribution < 1.29 is 9.21 Å². The van der Waals surface area contributed by atoms with Gasteiger partial charge in [-0.2, -0.15) is 0 Å². The second-order valence-electron chi connectivity index (χ2n) is 12.4. The third-order valence-electron chi connectivity index (χ3n) is 8.80. The Hall–Kier alpha value is -2.81. The van der Waals surface area contributed by atoms with Crippen LogP contribution in [0.25, 0.3) is 0 Å². The van der Waals surface area contributed by atoms with Gasteiger partial charge >= 0.3 is 0 Å². The summed E-state index contributed by atoms with van der Waals surface area (Å²) >= 11 is 0. The van der Waals surface area contributed by atoms with Crippen LogP contribution in [0.15, 0.2) is 52.9 Å². The van der Waals surface area contributed by atoms with Crippen LogP contribution in [0.3, 0.4) is 0 Å². The second-order valence-corrected chi connectivity index (χ2v) is 12.4. The molecular weight excluding hydrogens is 442 g/mol. The topological polar surface area (TPSA) is 42.2 Å². The number of aryl methyl sites for hydroxylation is 1. The summed E-state index contributed by atoms with van der Waals surface area (Å²) in [4.78, 5) is 12.9. The van der Waals surface area contributed by atoms with Gasteiger partial charge in [0.2, 0.25) is 0 Å². The van der Waals surface area contributed by atoms with Crippen molar-refractivity contribution in [1.29, 1.82) is 0 Å². The highest BCUT2D eigenvalue weighted by Gasteiger charge is 2.37. The standard InChI is InChI=1S/C33H41NO2/c1-22-19-28-29(33(4,5)18-17-32(28,2)3)21-25(22)20-27-15-16-30(36-27)31(35)34-26-13-11-24(12-14-26)23-9-7-6-8-10-23/h11-16,19,21,23H,6-10,17-18,20H2,1-5H3,(H,34,35). The van der Waals surface area contributed by atoms with Crippen LogP contribution in [0.1, 0.15) is 123 Å². The Morgan fingerprint density at radius 3 is 2.19 bits per heavy atom. The number of carbonyl (C=O) groups is 1. The van der Waals surface area contributed by atoms with Gasteiger partial charge in [-0.1, -0.05) is 71.2 Å². The normalized spacial score (nSPS) is 19.0. The molecule has 36 heavy (non-hydrogen) atoms. The van der Waals surface area contributed by atoms with Gasteiger partial charge in [0.15, 0.2) is 5.76 Å². The first kappa shape index (κ1) is 24.9. The van der Waals surface area contributed by atoms with E-state index in [2.05, 4.69) is 64.2 Å². The molecular formula is C33H41NO2. The fraction of sp³-hybridized carbons (Fsp3) is 0.485. The first-order valence-electron chi connectivity index (χ1n) is 13.8. The van der Waals surface area contributed by atoms with Gasteiger partial charge in [0, 0.05) is 12.1 Å². The average molecular weight is 484 g/mol. The highest BCUT2D eigenvalue weighted by molar-refractivity contribution is 6.02. The minimum Gasteiger partial charge on any atom is -0.456 e. The van der Waals surface area contributed by atoms with Crippen LogP contribution >= 0.6 is 0 Å². The van der Waals surface area contributed by atoms with Crippen LogP contribution in [0.5, 0.6) is 0 Å². The molecule has 1 amide bonds. The van der Waals surface area contributed by atoms with Gasteiger partial charge < -0.3 is 9.73 Å². The van der Waals surface area contributed by atoms with Crippen molar-refractivity contribution in [2.24, 2.45) is 0 Å².